The van der Waals surface area contributed by atoms with Crippen LogP contribution in [-0.4, -0.2) is 12.6 Å². The lowest BCUT2D eigenvalue weighted by atomic mass is 10.3. The second-order valence-corrected chi connectivity index (χ2v) is 5.59. The standard InChI is InChI=1S/C15H14Cl3NO/c1-10(9-19-11-5-3-2-4-6-11)20-15-8-13(17)12(16)7-14(15)18/h2-8,10,19H,9H2,1H3. The summed E-state index contributed by atoms with van der Waals surface area (Å²) in [7, 11) is 0. The maximum Gasteiger partial charge on any atom is 0.139 e. The number of para-hydroxylation sites is 1. The number of benzene rings is 2. The van der Waals surface area contributed by atoms with E-state index in [1.165, 1.54) is 0 Å². The Morgan fingerprint density at radius 2 is 1.65 bits per heavy atom. The highest BCUT2D eigenvalue weighted by Gasteiger charge is 2.10. The number of hydrogen-bond donors (Lipinski definition) is 1. The number of halogens is 3. The number of hydrogen-bond acceptors (Lipinski definition) is 2. The fraction of sp³-hybridized carbons (Fsp3) is 0.200. The van der Waals surface area contributed by atoms with Crippen molar-refractivity contribution in [1.82, 2.24) is 0 Å². The van der Waals surface area contributed by atoms with Crippen LogP contribution in [0.2, 0.25) is 15.1 Å². The van der Waals surface area contributed by atoms with Crippen molar-refractivity contribution < 1.29 is 4.74 Å². The molecular formula is C15H14Cl3NO. The second-order valence-electron chi connectivity index (χ2n) is 4.37. The summed E-state index contributed by atoms with van der Waals surface area (Å²) in [5, 5.41) is 4.57. The van der Waals surface area contributed by atoms with Crippen LogP contribution in [0.3, 0.4) is 0 Å². The topological polar surface area (TPSA) is 21.3 Å². The van der Waals surface area contributed by atoms with Gasteiger partial charge in [-0.05, 0) is 25.1 Å². The Morgan fingerprint density at radius 1 is 1.00 bits per heavy atom. The van der Waals surface area contributed by atoms with Gasteiger partial charge in [0.15, 0.2) is 0 Å². The van der Waals surface area contributed by atoms with E-state index in [1.54, 1.807) is 12.1 Å². The number of ether oxygens (including phenoxy) is 1. The largest absolute Gasteiger partial charge is 0.487 e. The first-order valence-electron chi connectivity index (χ1n) is 6.16. The molecule has 0 saturated carbocycles. The summed E-state index contributed by atoms with van der Waals surface area (Å²) in [4.78, 5) is 0. The van der Waals surface area contributed by atoms with Gasteiger partial charge in [0.1, 0.15) is 11.9 Å². The lowest BCUT2D eigenvalue weighted by Gasteiger charge is -2.17. The third kappa shape index (κ3) is 4.20. The Labute approximate surface area is 133 Å². The highest BCUT2D eigenvalue weighted by Crippen LogP contribution is 2.34. The number of rotatable bonds is 5. The first-order valence-corrected chi connectivity index (χ1v) is 7.30. The molecule has 5 heteroatoms. The molecule has 2 rings (SSSR count). The third-order valence-electron chi connectivity index (χ3n) is 2.67. The number of nitrogens with one attached hydrogen (secondary N) is 1. The lowest BCUT2D eigenvalue weighted by molar-refractivity contribution is 0.235. The van der Waals surface area contributed by atoms with E-state index in [-0.39, 0.29) is 6.10 Å². The molecule has 0 spiro atoms. The molecule has 0 radical (unpaired) electrons. The quantitative estimate of drug-likeness (QED) is 0.728. The van der Waals surface area contributed by atoms with E-state index in [1.807, 2.05) is 37.3 Å². The maximum atomic E-state index is 6.07. The Bertz CT molecular complexity index is 575. The van der Waals surface area contributed by atoms with Crippen LogP contribution >= 0.6 is 34.8 Å². The van der Waals surface area contributed by atoms with Gasteiger partial charge in [-0.15, -0.1) is 0 Å². The lowest BCUT2D eigenvalue weighted by Crippen LogP contribution is -2.22. The van der Waals surface area contributed by atoms with Crippen LogP contribution in [0.4, 0.5) is 5.69 Å². The molecular weight excluding hydrogens is 317 g/mol. The molecule has 0 aromatic heterocycles. The van der Waals surface area contributed by atoms with Gasteiger partial charge < -0.3 is 10.1 Å². The molecule has 0 saturated heterocycles. The van der Waals surface area contributed by atoms with Gasteiger partial charge in [-0.25, -0.2) is 0 Å². The summed E-state index contributed by atoms with van der Waals surface area (Å²) in [6.07, 6.45) is -0.0649. The van der Waals surface area contributed by atoms with Gasteiger partial charge in [-0.3, -0.25) is 0 Å². The minimum atomic E-state index is -0.0649. The van der Waals surface area contributed by atoms with E-state index in [4.69, 9.17) is 39.5 Å². The first kappa shape index (κ1) is 15.3. The van der Waals surface area contributed by atoms with E-state index in [2.05, 4.69) is 5.32 Å². The molecule has 0 bridgehead atoms. The molecule has 1 unspecified atom stereocenters. The summed E-state index contributed by atoms with van der Waals surface area (Å²) < 4.78 is 5.77. The van der Waals surface area contributed by atoms with Crippen molar-refractivity contribution >= 4 is 40.5 Å². The maximum absolute atomic E-state index is 6.07. The normalized spacial score (nSPS) is 12.0. The first-order chi connectivity index (χ1) is 9.56. The van der Waals surface area contributed by atoms with E-state index < -0.39 is 0 Å². The van der Waals surface area contributed by atoms with Crippen LogP contribution in [0.15, 0.2) is 42.5 Å². The monoisotopic (exact) mass is 329 g/mol. The minimum absolute atomic E-state index is 0.0649. The second kappa shape index (κ2) is 7.07. The molecule has 2 nitrogen and oxygen atoms in total. The van der Waals surface area contributed by atoms with E-state index in [0.29, 0.717) is 27.4 Å². The highest BCUT2D eigenvalue weighted by atomic mass is 35.5. The van der Waals surface area contributed by atoms with Crippen molar-refractivity contribution in [3.63, 3.8) is 0 Å². The molecule has 0 heterocycles. The van der Waals surface area contributed by atoms with Crippen LogP contribution in [0.25, 0.3) is 0 Å². The molecule has 0 aliphatic carbocycles. The zero-order chi connectivity index (χ0) is 14.5. The van der Waals surface area contributed by atoms with Crippen molar-refractivity contribution in [1.29, 1.82) is 0 Å². The van der Waals surface area contributed by atoms with E-state index >= 15 is 0 Å². The van der Waals surface area contributed by atoms with Crippen molar-refractivity contribution in [3.05, 3.63) is 57.5 Å². The molecule has 0 fully saturated rings. The Balaban J connectivity index is 1.95. The fourth-order valence-electron chi connectivity index (χ4n) is 1.67. The van der Waals surface area contributed by atoms with Gasteiger partial charge in [0.2, 0.25) is 0 Å². The summed E-state index contributed by atoms with van der Waals surface area (Å²) in [6.45, 7) is 2.61. The Kier molecular flexibility index (Phi) is 5.41. The van der Waals surface area contributed by atoms with Gasteiger partial charge >= 0.3 is 0 Å². The van der Waals surface area contributed by atoms with Crippen molar-refractivity contribution in [2.24, 2.45) is 0 Å². The molecule has 0 aliphatic rings. The summed E-state index contributed by atoms with van der Waals surface area (Å²) in [5.41, 5.74) is 1.04. The molecule has 0 amide bonds. The highest BCUT2D eigenvalue weighted by molar-refractivity contribution is 6.43. The fourth-order valence-corrected chi connectivity index (χ4v) is 2.25. The summed E-state index contributed by atoms with van der Waals surface area (Å²) in [5.74, 6) is 0.531. The SMILES string of the molecule is CC(CNc1ccccc1)Oc1cc(Cl)c(Cl)cc1Cl. The molecule has 1 atom stereocenters. The zero-order valence-electron chi connectivity index (χ0n) is 10.9. The van der Waals surface area contributed by atoms with Gasteiger partial charge in [0.25, 0.3) is 0 Å². The predicted molar refractivity (Wildman–Crippen MR) is 86.5 cm³/mol. The van der Waals surface area contributed by atoms with Crippen LogP contribution < -0.4 is 10.1 Å². The average molecular weight is 331 g/mol. The van der Waals surface area contributed by atoms with Crippen molar-refractivity contribution in [3.8, 4) is 5.75 Å². The van der Waals surface area contributed by atoms with Crippen molar-refractivity contribution in [2.75, 3.05) is 11.9 Å². The molecule has 0 aliphatic heterocycles. The van der Waals surface area contributed by atoms with Crippen LogP contribution in [0, 0.1) is 0 Å². The molecule has 2 aromatic rings. The Hall–Kier alpha value is -1.09. The average Bonchev–Trinajstić information content (AvgIpc) is 2.44. The summed E-state index contributed by atoms with van der Waals surface area (Å²) >= 11 is 17.9. The zero-order valence-corrected chi connectivity index (χ0v) is 13.1. The predicted octanol–water partition coefficient (Wildman–Crippen LogP) is 5.53. The third-order valence-corrected chi connectivity index (χ3v) is 3.69. The van der Waals surface area contributed by atoms with Crippen LogP contribution in [0.5, 0.6) is 5.75 Å². The van der Waals surface area contributed by atoms with Gasteiger partial charge in [0, 0.05) is 11.8 Å². The van der Waals surface area contributed by atoms with E-state index in [0.717, 1.165) is 5.69 Å². The van der Waals surface area contributed by atoms with E-state index in [9.17, 15) is 0 Å². The minimum Gasteiger partial charge on any atom is -0.487 e. The van der Waals surface area contributed by atoms with Crippen molar-refractivity contribution in [2.45, 2.75) is 13.0 Å². The Morgan fingerprint density at radius 3 is 2.35 bits per heavy atom. The smallest absolute Gasteiger partial charge is 0.139 e. The van der Waals surface area contributed by atoms with Gasteiger partial charge in [0.05, 0.1) is 21.6 Å². The molecule has 2 aromatic carbocycles. The summed E-state index contributed by atoms with van der Waals surface area (Å²) in [6, 6.07) is 13.1. The molecule has 106 valence electrons. The van der Waals surface area contributed by atoms with Gasteiger partial charge in [-0.1, -0.05) is 53.0 Å². The van der Waals surface area contributed by atoms with Crippen LogP contribution in [0.1, 0.15) is 6.92 Å². The van der Waals surface area contributed by atoms with Crippen LogP contribution in [-0.2, 0) is 0 Å². The molecule has 1 N–H and O–H groups in total. The molecule has 20 heavy (non-hydrogen) atoms. The van der Waals surface area contributed by atoms with Gasteiger partial charge in [-0.2, -0.15) is 0 Å². The number of anilines is 1.